The van der Waals surface area contributed by atoms with Gasteiger partial charge in [-0.1, -0.05) is 39.0 Å². The fourth-order valence-corrected chi connectivity index (χ4v) is 3.17. The Labute approximate surface area is 126 Å². The number of nitrogens with zero attached hydrogens (tertiary/aromatic N) is 1. The molecule has 1 aliphatic rings. The van der Waals surface area contributed by atoms with Crippen molar-refractivity contribution >= 4 is 16.8 Å². The molecule has 0 saturated carbocycles. The van der Waals surface area contributed by atoms with Crippen LogP contribution in [0.15, 0.2) is 24.3 Å². The van der Waals surface area contributed by atoms with E-state index in [2.05, 4.69) is 50.0 Å². The van der Waals surface area contributed by atoms with Gasteiger partial charge in [-0.2, -0.15) is 0 Å². The normalized spacial score (nSPS) is 15.9. The second-order valence-corrected chi connectivity index (χ2v) is 7.25. The smallest absolute Gasteiger partial charge is 0.223 e. The summed E-state index contributed by atoms with van der Waals surface area (Å²) in [6.45, 7) is 8.04. The van der Waals surface area contributed by atoms with Gasteiger partial charge in [0.2, 0.25) is 5.91 Å². The van der Waals surface area contributed by atoms with Crippen molar-refractivity contribution in [1.29, 1.82) is 0 Å². The summed E-state index contributed by atoms with van der Waals surface area (Å²) in [5.74, 6) is 0.289. The largest absolute Gasteiger partial charge is 0.358 e. The summed E-state index contributed by atoms with van der Waals surface area (Å²) in [5.41, 5.74) is 3.99. The van der Waals surface area contributed by atoms with Gasteiger partial charge in [0.25, 0.3) is 0 Å². The fourth-order valence-electron chi connectivity index (χ4n) is 3.17. The van der Waals surface area contributed by atoms with Crippen LogP contribution in [0.1, 0.15) is 38.4 Å². The third-order valence-electron chi connectivity index (χ3n) is 4.20. The van der Waals surface area contributed by atoms with Gasteiger partial charge in [-0.05, 0) is 23.5 Å². The maximum atomic E-state index is 12.4. The molecule has 1 N–H and O–H groups in total. The van der Waals surface area contributed by atoms with E-state index in [9.17, 15) is 4.79 Å². The van der Waals surface area contributed by atoms with Gasteiger partial charge in [-0.3, -0.25) is 4.79 Å². The zero-order chi connectivity index (χ0) is 15.0. The number of benzene rings is 1. The maximum absolute atomic E-state index is 12.4. The number of nitrogens with one attached hydrogen (secondary N) is 1. The second-order valence-electron chi connectivity index (χ2n) is 7.25. The van der Waals surface area contributed by atoms with Crippen LogP contribution < -0.4 is 0 Å². The summed E-state index contributed by atoms with van der Waals surface area (Å²) in [7, 11) is 0. The Kier molecular flexibility index (Phi) is 3.52. The van der Waals surface area contributed by atoms with E-state index in [0.29, 0.717) is 6.42 Å². The van der Waals surface area contributed by atoms with Crippen LogP contribution in [0.2, 0.25) is 0 Å². The van der Waals surface area contributed by atoms with E-state index in [1.807, 2.05) is 4.90 Å². The zero-order valence-corrected chi connectivity index (χ0v) is 13.2. The molecular formula is C18H24N2O. The van der Waals surface area contributed by atoms with E-state index in [-0.39, 0.29) is 11.3 Å². The molecular weight excluding hydrogens is 260 g/mol. The molecule has 0 spiro atoms. The van der Waals surface area contributed by atoms with E-state index in [0.717, 1.165) is 25.9 Å². The lowest BCUT2D eigenvalue weighted by atomic mass is 9.91. The highest BCUT2D eigenvalue weighted by Gasteiger charge is 2.24. The van der Waals surface area contributed by atoms with Crippen LogP contribution in [-0.2, 0) is 17.6 Å². The first-order chi connectivity index (χ1) is 9.94. The highest BCUT2D eigenvalue weighted by molar-refractivity contribution is 5.85. The van der Waals surface area contributed by atoms with Crippen LogP contribution in [0.25, 0.3) is 10.9 Å². The van der Waals surface area contributed by atoms with Crippen molar-refractivity contribution < 1.29 is 4.79 Å². The summed E-state index contributed by atoms with van der Waals surface area (Å²) in [4.78, 5) is 18.0. The Morgan fingerprint density at radius 3 is 2.67 bits per heavy atom. The van der Waals surface area contributed by atoms with E-state index in [1.54, 1.807) is 0 Å². The number of para-hydroxylation sites is 1. The van der Waals surface area contributed by atoms with Crippen LogP contribution in [0.3, 0.4) is 0 Å². The quantitative estimate of drug-likeness (QED) is 0.854. The molecule has 3 nitrogen and oxygen atoms in total. The number of aromatic amines is 1. The van der Waals surface area contributed by atoms with E-state index < -0.39 is 0 Å². The van der Waals surface area contributed by atoms with Gasteiger partial charge < -0.3 is 9.88 Å². The molecule has 3 heteroatoms. The molecule has 0 radical (unpaired) electrons. The van der Waals surface area contributed by atoms with Crippen LogP contribution >= 0.6 is 0 Å². The number of aromatic nitrogens is 1. The van der Waals surface area contributed by atoms with Crippen molar-refractivity contribution in [2.75, 3.05) is 13.1 Å². The minimum absolute atomic E-state index is 0.0599. The monoisotopic (exact) mass is 284 g/mol. The van der Waals surface area contributed by atoms with Crippen molar-refractivity contribution in [2.24, 2.45) is 5.41 Å². The maximum Gasteiger partial charge on any atom is 0.223 e. The Balaban J connectivity index is 1.78. The fraction of sp³-hybridized carbons (Fsp3) is 0.500. The lowest BCUT2D eigenvalue weighted by Crippen LogP contribution is -2.35. The molecule has 112 valence electrons. The Bertz CT molecular complexity index is 663. The second kappa shape index (κ2) is 5.21. The van der Waals surface area contributed by atoms with Gasteiger partial charge in [-0.15, -0.1) is 0 Å². The third kappa shape index (κ3) is 2.97. The van der Waals surface area contributed by atoms with E-state index in [4.69, 9.17) is 0 Å². The Morgan fingerprint density at radius 1 is 1.19 bits per heavy atom. The van der Waals surface area contributed by atoms with Crippen molar-refractivity contribution in [2.45, 2.75) is 40.0 Å². The van der Waals surface area contributed by atoms with Gasteiger partial charge in [-0.25, -0.2) is 0 Å². The Hall–Kier alpha value is -1.77. The van der Waals surface area contributed by atoms with Gasteiger partial charge in [0.15, 0.2) is 0 Å². The molecule has 21 heavy (non-hydrogen) atoms. The third-order valence-corrected chi connectivity index (χ3v) is 4.20. The first-order valence-corrected chi connectivity index (χ1v) is 7.80. The standard InChI is InChI=1S/C18H24N2O/c1-18(2,3)12-17(21)20-10-8-14-13-6-4-5-7-15(13)19-16(14)9-11-20/h4-7,19H,8-12H2,1-3H3. The molecule has 0 fully saturated rings. The lowest BCUT2D eigenvalue weighted by Gasteiger charge is -2.25. The molecule has 2 heterocycles. The summed E-state index contributed by atoms with van der Waals surface area (Å²) in [6.07, 6.45) is 2.51. The first-order valence-electron chi connectivity index (χ1n) is 7.80. The molecule has 1 aromatic carbocycles. The molecule has 1 amide bonds. The molecule has 0 atom stereocenters. The average Bonchev–Trinajstić information content (AvgIpc) is 2.61. The molecule has 0 aliphatic carbocycles. The van der Waals surface area contributed by atoms with Gasteiger partial charge in [0.05, 0.1) is 0 Å². The van der Waals surface area contributed by atoms with Gasteiger partial charge in [0, 0.05) is 42.5 Å². The van der Waals surface area contributed by atoms with Crippen LogP contribution in [0, 0.1) is 5.41 Å². The average molecular weight is 284 g/mol. The number of amides is 1. The van der Waals surface area contributed by atoms with Crippen LogP contribution in [0.5, 0.6) is 0 Å². The summed E-state index contributed by atoms with van der Waals surface area (Å²) in [5, 5.41) is 1.32. The number of carbonyl (C=O) groups is 1. The van der Waals surface area contributed by atoms with E-state index >= 15 is 0 Å². The van der Waals surface area contributed by atoms with Crippen molar-refractivity contribution in [3.8, 4) is 0 Å². The summed E-state index contributed by atoms with van der Waals surface area (Å²) in [6, 6.07) is 8.46. The highest BCUT2D eigenvalue weighted by atomic mass is 16.2. The number of H-pyrrole nitrogens is 1. The lowest BCUT2D eigenvalue weighted by molar-refractivity contribution is -0.133. The number of hydrogen-bond acceptors (Lipinski definition) is 1. The summed E-state index contributed by atoms with van der Waals surface area (Å²) >= 11 is 0. The molecule has 0 saturated heterocycles. The number of rotatable bonds is 1. The first kappa shape index (κ1) is 14.2. The highest BCUT2D eigenvalue weighted by Crippen LogP contribution is 2.27. The predicted octanol–water partition coefficient (Wildman–Crippen LogP) is 3.53. The minimum Gasteiger partial charge on any atom is -0.358 e. The molecule has 1 aromatic heterocycles. The summed E-state index contributed by atoms with van der Waals surface area (Å²) < 4.78 is 0. The topological polar surface area (TPSA) is 36.1 Å². The molecule has 3 rings (SSSR count). The predicted molar refractivity (Wildman–Crippen MR) is 86.4 cm³/mol. The van der Waals surface area contributed by atoms with Crippen molar-refractivity contribution in [3.05, 3.63) is 35.5 Å². The van der Waals surface area contributed by atoms with Crippen LogP contribution in [0.4, 0.5) is 0 Å². The minimum atomic E-state index is 0.0599. The van der Waals surface area contributed by atoms with Crippen LogP contribution in [-0.4, -0.2) is 28.9 Å². The number of fused-ring (bicyclic) bond motifs is 3. The molecule has 1 aliphatic heterocycles. The molecule has 2 aromatic rings. The number of carbonyl (C=O) groups excluding carboxylic acids is 1. The van der Waals surface area contributed by atoms with Gasteiger partial charge >= 0.3 is 0 Å². The van der Waals surface area contributed by atoms with Gasteiger partial charge in [0.1, 0.15) is 0 Å². The Morgan fingerprint density at radius 2 is 1.90 bits per heavy atom. The van der Waals surface area contributed by atoms with E-state index in [1.165, 1.54) is 22.2 Å². The number of hydrogen-bond donors (Lipinski definition) is 1. The van der Waals surface area contributed by atoms with Crippen molar-refractivity contribution in [1.82, 2.24) is 9.88 Å². The van der Waals surface area contributed by atoms with Crippen molar-refractivity contribution in [3.63, 3.8) is 0 Å². The SMILES string of the molecule is CC(C)(C)CC(=O)N1CCc2[nH]c3ccccc3c2CC1. The zero-order valence-electron chi connectivity index (χ0n) is 13.2. The molecule has 0 unspecified atom stereocenters. The molecule has 0 bridgehead atoms.